The topological polar surface area (TPSA) is 94.0 Å². The number of amides is 2. The maximum atomic E-state index is 12.2. The second-order valence-electron chi connectivity index (χ2n) is 5.04. The van der Waals surface area contributed by atoms with Crippen LogP contribution in [0.5, 0.6) is 0 Å². The average molecular weight is 399 g/mol. The monoisotopic (exact) mass is 398 g/mol. The summed E-state index contributed by atoms with van der Waals surface area (Å²) in [6.07, 6.45) is 1.35. The van der Waals surface area contributed by atoms with Crippen LogP contribution in [0.1, 0.15) is 6.92 Å². The number of carbonyl (C=O) groups excluding carboxylic acids is 2. The zero-order chi connectivity index (χ0) is 18.2. The summed E-state index contributed by atoms with van der Waals surface area (Å²) in [5, 5.41) is 17.3. The summed E-state index contributed by atoms with van der Waals surface area (Å²) in [5.74, 6) is -0.706. The average Bonchev–Trinajstić information content (AvgIpc) is 2.57. The molecule has 0 unspecified atom stereocenters. The Bertz CT molecular complexity index is 854. The Morgan fingerprint density at radius 2 is 1.68 bits per heavy atom. The van der Waals surface area contributed by atoms with Crippen molar-refractivity contribution in [3.8, 4) is 6.07 Å². The Labute approximate surface area is 153 Å². The fourth-order valence-electron chi connectivity index (χ4n) is 1.92. The van der Waals surface area contributed by atoms with Gasteiger partial charge in [0.05, 0.1) is 0 Å². The molecule has 0 fully saturated rings. The Kier molecular flexibility index (Phi) is 6.32. The Morgan fingerprint density at radius 3 is 2.24 bits per heavy atom. The molecule has 25 heavy (non-hydrogen) atoms. The highest BCUT2D eigenvalue weighted by molar-refractivity contribution is 9.10. The number of rotatable bonds is 5. The van der Waals surface area contributed by atoms with E-state index in [1.807, 2.05) is 30.3 Å². The van der Waals surface area contributed by atoms with Crippen molar-refractivity contribution < 1.29 is 9.59 Å². The predicted octanol–water partition coefficient (Wildman–Crippen LogP) is 3.87. The molecule has 0 heterocycles. The van der Waals surface area contributed by atoms with Crippen LogP contribution in [0.4, 0.5) is 17.1 Å². The Hall–Kier alpha value is -3.11. The smallest absolute Gasteiger partial charge is 0.267 e. The first-order valence-corrected chi connectivity index (χ1v) is 8.08. The van der Waals surface area contributed by atoms with Gasteiger partial charge in [-0.15, -0.1) is 0 Å². The van der Waals surface area contributed by atoms with Gasteiger partial charge in [-0.1, -0.05) is 22.0 Å². The summed E-state index contributed by atoms with van der Waals surface area (Å²) >= 11 is 3.35. The number of benzene rings is 2. The normalized spacial score (nSPS) is 10.5. The molecular formula is C18H15BrN4O2. The third-order valence-corrected chi connectivity index (χ3v) is 3.53. The first kappa shape index (κ1) is 18.2. The first-order valence-electron chi connectivity index (χ1n) is 7.29. The molecule has 0 radical (unpaired) electrons. The van der Waals surface area contributed by atoms with Gasteiger partial charge in [-0.2, -0.15) is 5.26 Å². The summed E-state index contributed by atoms with van der Waals surface area (Å²) in [6.45, 7) is 1.41. The van der Waals surface area contributed by atoms with Crippen molar-refractivity contribution in [1.82, 2.24) is 0 Å². The number of nitrogens with one attached hydrogen (secondary N) is 3. The molecule has 0 aliphatic carbocycles. The standard InChI is InChI=1S/C18H15BrN4O2/c1-12(24)22-15-5-7-16(8-6-15)23-18(25)13(10-20)11-21-17-4-2-3-14(19)9-17/h2-9,11,21H,1H3,(H,22,24)(H,23,25)/b13-11-. The molecule has 2 aromatic carbocycles. The van der Waals surface area contributed by atoms with Crippen molar-refractivity contribution in [2.45, 2.75) is 6.92 Å². The number of halogens is 1. The van der Waals surface area contributed by atoms with Crippen LogP contribution in [0, 0.1) is 11.3 Å². The van der Waals surface area contributed by atoms with E-state index < -0.39 is 5.91 Å². The van der Waals surface area contributed by atoms with Crippen molar-refractivity contribution in [3.63, 3.8) is 0 Å². The van der Waals surface area contributed by atoms with Crippen molar-refractivity contribution in [1.29, 1.82) is 5.26 Å². The predicted molar refractivity (Wildman–Crippen MR) is 101 cm³/mol. The van der Waals surface area contributed by atoms with E-state index in [2.05, 4.69) is 31.9 Å². The molecule has 0 saturated carbocycles. The number of nitriles is 1. The Morgan fingerprint density at radius 1 is 1.04 bits per heavy atom. The SMILES string of the molecule is CC(=O)Nc1ccc(NC(=O)/C(C#N)=C\Nc2cccc(Br)c2)cc1. The third-order valence-electron chi connectivity index (χ3n) is 3.04. The fourth-order valence-corrected chi connectivity index (χ4v) is 2.32. The van der Waals surface area contributed by atoms with Crippen LogP contribution in [0.2, 0.25) is 0 Å². The van der Waals surface area contributed by atoms with E-state index in [1.165, 1.54) is 13.1 Å². The molecule has 0 aromatic heterocycles. The van der Waals surface area contributed by atoms with Gasteiger partial charge in [0.25, 0.3) is 5.91 Å². The van der Waals surface area contributed by atoms with Gasteiger partial charge in [0.15, 0.2) is 0 Å². The molecule has 126 valence electrons. The van der Waals surface area contributed by atoms with Gasteiger partial charge in [0.2, 0.25) is 5.91 Å². The fraction of sp³-hybridized carbons (Fsp3) is 0.0556. The maximum absolute atomic E-state index is 12.2. The van der Waals surface area contributed by atoms with Gasteiger partial charge >= 0.3 is 0 Å². The summed E-state index contributed by atoms with van der Waals surface area (Å²) < 4.78 is 0.883. The van der Waals surface area contributed by atoms with E-state index in [0.717, 1.165) is 10.2 Å². The number of anilines is 3. The van der Waals surface area contributed by atoms with Crippen molar-refractivity contribution >= 4 is 44.8 Å². The van der Waals surface area contributed by atoms with Crippen LogP contribution in [0.25, 0.3) is 0 Å². The Balaban J connectivity index is 2.03. The highest BCUT2D eigenvalue weighted by Gasteiger charge is 2.09. The van der Waals surface area contributed by atoms with E-state index in [-0.39, 0.29) is 11.5 Å². The lowest BCUT2D eigenvalue weighted by Gasteiger charge is -2.07. The molecule has 2 amide bonds. The summed E-state index contributed by atoms with van der Waals surface area (Å²) in [7, 11) is 0. The highest BCUT2D eigenvalue weighted by atomic mass is 79.9. The zero-order valence-electron chi connectivity index (χ0n) is 13.3. The van der Waals surface area contributed by atoms with Crippen molar-refractivity contribution in [2.75, 3.05) is 16.0 Å². The molecular weight excluding hydrogens is 384 g/mol. The first-order chi connectivity index (χ1) is 12.0. The second kappa shape index (κ2) is 8.66. The number of nitrogens with zero attached hydrogens (tertiary/aromatic N) is 1. The second-order valence-corrected chi connectivity index (χ2v) is 5.95. The minimum atomic E-state index is -0.530. The molecule has 2 rings (SSSR count). The van der Waals surface area contributed by atoms with Crippen molar-refractivity contribution in [3.05, 3.63) is 64.8 Å². The van der Waals surface area contributed by atoms with Gasteiger partial charge in [-0.25, -0.2) is 0 Å². The molecule has 0 bridgehead atoms. The summed E-state index contributed by atoms with van der Waals surface area (Å²) in [6, 6.07) is 15.8. The van der Waals surface area contributed by atoms with E-state index in [4.69, 9.17) is 0 Å². The van der Waals surface area contributed by atoms with Crippen LogP contribution < -0.4 is 16.0 Å². The molecule has 2 aromatic rings. The lowest BCUT2D eigenvalue weighted by Crippen LogP contribution is -2.14. The minimum absolute atomic E-state index is 0.0640. The van der Waals surface area contributed by atoms with E-state index >= 15 is 0 Å². The third kappa shape index (κ3) is 5.79. The molecule has 6 nitrogen and oxygen atoms in total. The molecule has 0 atom stereocenters. The van der Waals surface area contributed by atoms with Gasteiger partial charge in [0, 0.05) is 34.7 Å². The molecule has 0 saturated heterocycles. The van der Waals surface area contributed by atoms with Crippen LogP contribution in [0.3, 0.4) is 0 Å². The van der Waals surface area contributed by atoms with Crippen LogP contribution >= 0.6 is 15.9 Å². The lowest BCUT2D eigenvalue weighted by molar-refractivity contribution is -0.114. The largest absolute Gasteiger partial charge is 0.360 e. The van der Waals surface area contributed by atoms with Crippen LogP contribution in [0.15, 0.2) is 64.8 Å². The highest BCUT2D eigenvalue weighted by Crippen LogP contribution is 2.17. The molecule has 0 spiro atoms. The van der Waals surface area contributed by atoms with E-state index in [1.54, 1.807) is 24.3 Å². The number of carbonyl (C=O) groups is 2. The summed E-state index contributed by atoms with van der Waals surface area (Å²) in [5.41, 5.74) is 1.82. The molecule has 3 N–H and O–H groups in total. The van der Waals surface area contributed by atoms with E-state index in [9.17, 15) is 14.9 Å². The quantitative estimate of drug-likeness (QED) is 0.526. The maximum Gasteiger partial charge on any atom is 0.267 e. The summed E-state index contributed by atoms with van der Waals surface area (Å²) in [4.78, 5) is 23.2. The van der Waals surface area contributed by atoms with E-state index in [0.29, 0.717) is 11.4 Å². The van der Waals surface area contributed by atoms with Crippen LogP contribution in [-0.4, -0.2) is 11.8 Å². The van der Waals surface area contributed by atoms with Gasteiger partial charge in [-0.05, 0) is 42.5 Å². The minimum Gasteiger partial charge on any atom is -0.360 e. The lowest BCUT2D eigenvalue weighted by atomic mass is 10.2. The molecule has 0 aliphatic heterocycles. The van der Waals surface area contributed by atoms with Crippen LogP contribution in [-0.2, 0) is 9.59 Å². The van der Waals surface area contributed by atoms with Gasteiger partial charge < -0.3 is 16.0 Å². The van der Waals surface area contributed by atoms with Gasteiger partial charge in [0.1, 0.15) is 11.6 Å². The number of hydrogen-bond acceptors (Lipinski definition) is 4. The molecule has 7 heteroatoms. The van der Waals surface area contributed by atoms with Crippen molar-refractivity contribution in [2.24, 2.45) is 0 Å². The zero-order valence-corrected chi connectivity index (χ0v) is 14.9. The molecule has 0 aliphatic rings. The van der Waals surface area contributed by atoms with Gasteiger partial charge in [-0.3, -0.25) is 9.59 Å². The number of hydrogen-bond donors (Lipinski definition) is 3.